The van der Waals surface area contributed by atoms with Crippen molar-refractivity contribution in [2.45, 2.75) is 31.7 Å². The highest BCUT2D eigenvalue weighted by Crippen LogP contribution is 2.23. The van der Waals surface area contributed by atoms with Gasteiger partial charge in [-0.15, -0.1) is 0 Å². The maximum atomic E-state index is 12.7. The molecule has 1 unspecified atom stereocenters. The van der Waals surface area contributed by atoms with E-state index in [0.29, 0.717) is 18.0 Å². The van der Waals surface area contributed by atoms with Gasteiger partial charge >= 0.3 is 12.3 Å². The van der Waals surface area contributed by atoms with Gasteiger partial charge in [-0.1, -0.05) is 18.5 Å². The number of ether oxygens (including phenoxy) is 1. The van der Waals surface area contributed by atoms with Gasteiger partial charge in [0.1, 0.15) is 6.61 Å². The Bertz CT molecular complexity index is 434. The molecular formula is C13H17ClF4N2O. The molecule has 1 aromatic rings. The molecule has 1 aromatic heterocycles. The molecule has 0 fully saturated rings. The first-order chi connectivity index (χ1) is 9.86. The van der Waals surface area contributed by atoms with Crippen molar-refractivity contribution in [1.82, 2.24) is 10.3 Å². The number of hydrogen-bond acceptors (Lipinski definition) is 3. The third-order valence-electron chi connectivity index (χ3n) is 2.75. The van der Waals surface area contributed by atoms with Crippen LogP contribution >= 0.6 is 11.6 Å². The molecule has 0 aliphatic carbocycles. The largest absolute Gasteiger partial charge is 0.373 e. The zero-order valence-electron chi connectivity index (χ0n) is 11.5. The Labute approximate surface area is 125 Å². The number of nitrogens with one attached hydrogen (secondary N) is 1. The van der Waals surface area contributed by atoms with Crippen molar-refractivity contribution in [3.05, 3.63) is 29.0 Å². The maximum Gasteiger partial charge on any atom is 0.330 e. The Kier molecular flexibility index (Phi) is 7.34. The minimum atomic E-state index is -4.13. The van der Waals surface area contributed by atoms with Crippen LogP contribution in [0.4, 0.5) is 17.6 Å². The first-order valence-corrected chi connectivity index (χ1v) is 6.80. The van der Waals surface area contributed by atoms with E-state index in [1.165, 1.54) is 6.20 Å². The molecule has 0 amide bonds. The fourth-order valence-electron chi connectivity index (χ4n) is 1.71. The van der Waals surface area contributed by atoms with Gasteiger partial charge in [0.15, 0.2) is 0 Å². The average molecular weight is 329 g/mol. The Balaban J connectivity index is 2.53. The number of hydrogen-bond donors (Lipinski definition) is 1. The van der Waals surface area contributed by atoms with Gasteiger partial charge in [0.25, 0.3) is 0 Å². The van der Waals surface area contributed by atoms with Gasteiger partial charge in [-0.2, -0.15) is 8.78 Å². The van der Waals surface area contributed by atoms with Crippen molar-refractivity contribution in [1.29, 1.82) is 0 Å². The van der Waals surface area contributed by atoms with E-state index in [-0.39, 0.29) is 12.6 Å². The summed E-state index contributed by atoms with van der Waals surface area (Å²) < 4.78 is 54.3. The van der Waals surface area contributed by atoms with E-state index in [4.69, 9.17) is 16.3 Å². The Hall–Kier alpha value is -0.920. The van der Waals surface area contributed by atoms with Gasteiger partial charge in [-0.3, -0.25) is 4.98 Å². The van der Waals surface area contributed by atoms with E-state index in [9.17, 15) is 17.6 Å². The van der Waals surface area contributed by atoms with Crippen LogP contribution in [-0.2, 0) is 11.2 Å². The molecule has 21 heavy (non-hydrogen) atoms. The Morgan fingerprint density at radius 2 is 2.14 bits per heavy atom. The molecule has 1 rings (SSSR count). The molecule has 120 valence electrons. The summed E-state index contributed by atoms with van der Waals surface area (Å²) in [5, 5.41) is 3.49. The summed E-state index contributed by atoms with van der Waals surface area (Å²) in [7, 11) is 0. The lowest BCUT2D eigenvalue weighted by molar-refractivity contribution is -0.167. The third kappa shape index (κ3) is 6.15. The lowest BCUT2D eigenvalue weighted by Crippen LogP contribution is -2.39. The highest BCUT2D eigenvalue weighted by Gasteiger charge is 2.41. The zero-order valence-corrected chi connectivity index (χ0v) is 12.2. The average Bonchev–Trinajstić information content (AvgIpc) is 2.41. The lowest BCUT2D eigenvalue weighted by atomic mass is 10.1. The van der Waals surface area contributed by atoms with Gasteiger partial charge in [-0.25, -0.2) is 8.78 Å². The zero-order chi connectivity index (χ0) is 15.9. The van der Waals surface area contributed by atoms with Crippen molar-refractivity contribution in [2.24, 2.45) is 0 Å². The Morgan fingerprint density at radius 3 is 2.71 bits per heavy atom. The van der Waals surface area contributed by atoms with Crippen LogP contribution in [0.5, 0.6) is 0 Å². The summed E-state index contributed by atoms with van der Waals surface area (Å²) in [5.74, 6) is -4.13. The van der Waals surface area contributed by atoms with E-state index in [1.807, 2.05) is 6.92 Å². The monoisotopic (exact) mass is 328 g/mol. The van der Waals surface area contributed by atoms with Gasteiger partial charge in [0.2, 0.25) is 0 Å². The minimum Gasteiger partial charge on any atom is -0.373 e. The van der Waals surface area contributed by atoms with Crippen LogP contribution in [0.1, 0.15) is 12.5 Å². The maximum absolute atomic E-state index is 12.7. The van der Waals surface area contributed by atoms with Crippen LogP contribution < -0.4 is 5.32 Å². The van der Waals surface area contributed by atoms with Crippen LogP contribution in [0.3, 0.4) is 0 Å². The number of nitrogens with zero attached hydrogens (tertiary/aromatic N) is 1. The van der Waals surface area contributed by atoms with E-state index in [1.54, 1.807) is 12.3 Å². The number of alkyl halides is 4. The number of pyridine rings is 1. The van der Waals surface area contributed by atoms with E-state index in [0.717, 1.165) is 5.56 Å². The van der Waals surface area contributed by atoms with E-state index < -0.39 is 19.0 Å². The first-order valence-electron chi connectivity index (χ1n) is 6.42. The molecule has 0 saturated heterocycles. The second-order valence-corrected chi connectivity index (χ2v) is 4.91. The van der Waals surface area contributed by atoms with Crippen molar-refractivity contribution in [2.75, 3.05) is 19.8 Å². The topological polar surface area (TPSA) is 34.1 Å². The number of halogens is 5. The number of aromatic nitrogens is 1. The highest BCUT2D eigenvalue weighted by atomic mass is 35.5. The molecule has 0 saturated carbocycles. The molecule has 1 heterocycles. The van der Waals surface area contributed by atoms with E-state index in [2.05, 4.69) is 10.3 Å². The van der Waals surface area contributed by atoms with Crippen LogP contribution in [0.15, 0.2) is 18.5 Å². The third-order valence-corrected chi connectivity index (χ3v) is 3.09. The predicted octanol–water partition coefficient (Wildman–Crippen LogP) is 3.17. The summed E-state index contributed by atoms with van der Waals surface area (Å²) in [4.78, 5) is 3.85. The predicted molar refractivity (Wildman–Crippen MR) is 72.2 cm³/mol. The summed E-state index contributed by atoms with van der Waals surface area (Å²) in [6.07, 6.45) is -0.262. The summed E-state index contributed by atoms with van der Waals surface area (Å²) >= 11 is 5.97. The quantitative estimate of drug-likeness (QED) is 0.707. The molecule has 1 N–H and O–H groups in total. The van der Waals surface area contributed by atoms with Crippen LogP contribution in [0.25, 0.3) is 0 Å². The van der Waals surface area contributed by atoms with Crippen LogP contribution in [-0.4, -0.2) is 43.1 Å². The van der Waals surface area contributed by atoms with Gasteiger partial charge in [0.05, 0.1) is 11.6 Å². The summed E-state index contributed by atoms with van der Waals surface area (Å²) in [6, 6.07) is 1.41. The number of likely N-dealkylation sites (N-methyl/N-ethyl adjacent to an activating group) is 1. The van der Waals surface area contributed by atoms with Gasteiger partial charge in [-0.05, 0) is 24.6 Å². The van der Waals surface area contributed by atoms with Crippen molar-refractivity contribution in [3.63, 3.8) is 0 Å². The fourth-order valence-corrected chi connectivity index (χ4v) is 1.91. The molecule has 0 aromatic carbocycles. The summed E-state index contributed by atoms with van der Waals surface area (Å²) in [6.45, 7) is 1.00. The standard InChI is InChI=1S/C13H17ClF4N2O/c1-2-20-10(5-9-3-4-19-6-11(9)14)7-21-8-13(17,18)12(15)16/h3-4,6,10,12,20H,2,5,7-8H2,1H3. The first kappa shape index (κ1) is 18.1. The normalized spacial score (nSPS) is 13.7. The lowest BCUT2D eigenvalue weighted by Gasteiger charge is -2.21. The Morgan fingerprint density at radius 1 is 1.43 bits per heavy atom. The molecule has 0 aliphatic rings. The van der Waals surface area contributed by atoms with Gasteiger partial charge in [0, 0.05) is 18.4 Å². The van der Waals surface area contributed by atoms with Crippen molar-refractivity contribution in [3.8, 4) is 0 Å². The molecular weight excluding hydrogens is 312 g/mol. The smallest absolute Gasteiger partial charge is 0.330 e. The molecule has 0 aliphatic heterocycles. The second kappa shape index (κ2) is 8.51. The van der Waals surface area contributed by atoms with Crippen LogP contribution in [0, 0.1) is 0 Å². The molecule has 0 bridgehead atoms. The van der Waals surface area contributed by atoms with Crippen molar-refractivity contribution < 1.29 is 22.3 Å². The number of rotatable bonds is 9. The minimum absolute atomic E-state index is 0.116. The molecule has 0 radical (unpaired) electrons. The van der Waals surface area contributed by atoms with Crippen LogP contribution in [0.2, 0.25) is 5.02 Å². The molecule has 3 nitrogen and oxygen atoms in total. The molecule has 8 heteroatoms. The van der Waals surface area contributed by atoms with Crippen molar-refractivity contribution >= 4 is 11.6 Å². The molecule has 0 spiro atoms. The second-order valence-electron chi connectivity index (χ2n) is 4.50. The van der Waals surface area contributed by atoms with E-state index >= 15 is 0 Å². The van der Waals surface area contributed by atoms with Gasteiger partial charge < -0.3 is 10.1 Å². The fraction of sp³-hybridized carbons (Fsp3) is 0.615. The SMILES string of the molecule is CCNC(COCC(F)(F)C(F)F)Cc1ccncc1Cl. The highest BCUT2D eigenvalue weighted by molar-refractivity contribution is 6.31. The summed E-state index contributed by atoms with van der Waals surface area (Å²) in [5.41, 5.74) is 0.779. The molecule has 1 atom stereocenters.